The van der Waals surface area contributed by atoms with E-state index in [4.69, 9.17) is 21.1 Å². The van der Waals surface area contributed by atoms with Crippen molar-refractivity contribution in [2.45, 2.75) is 0 Å². The molecule has 0 saturated heterocycles. The number of rotatable bonds is 4. The van der Waals surface area contributed by atoms with E-state index in [0.717, 1.165) is 5.56 Å². The van der Waals surface area contributed by atoms with E-state index < -0.39 is 0 Å². The van der Waals surface area contributed by atoms with Crippen LogP contribution in [0.3, 0.4) is 0 Å². The Kier molecular flexibility index (Phi) is 4.76. The second kappa shape index (κ2) is 7.51. The van der Waals surface area contributed by atoms with Gasteiger partial charge in [-0.1, -0.05) is 11.6 Å². The molecule has 1 aliphatic rings. The fraction of sp³-hybridized carbons (Fsp3) is 0.105. The molecule has 0 unspecified atom stereocenters. The minimum Gasteiger partial charge on any atom is -0.486 e. The Labute approximate surface area is 160 Å². The normalized spacial score (nSPS) is 12.9. The summed E-state index contributed by atoms with van der Waals surface area (Å²) in [5.74, 6) is 1.49. The molecule has 0 fully saturated rings. The maximum Gasteiger partial charge on any atom is 0.248 e. The van der Waals surface area contributed by atoms with Crippen molar-refractivity contribution in [2.24, 2.45) is 0 Å². The van der Waals surface area contributed by atoms with Crippen molar-refractivity contribution in [3.8, 4) is 17.3 Å². The highest BCUT2D eigenvalue weighted by Gasteiger charge is 2.16. The summed E-state index contributed by atoms with van der Waals surface area (Å²) in [5.41, 5.74) is 1.33. The Morgan fingerprint density at radius 3 is 2.93 bits per heavy atom. The predicted molar refractivity (Wildman–Crippen MR) is 101 cm³/mol. The molecule has 1 aromatic carbocycles. The molecule has 0 atom stereocenters. The zero-order chi connectivity index (χ0) is 18.6. The van der Waals surface area contributed by atoms with Crippen molar-refractivity contribution in [3.63, 3.8) is 0 Å². The number of anilines is 1. The molecule has 1 aliphatic heterocycles. The number of ether oxygens (including phenoxy) is 2. The molecule has 1 amide bonds. The standard InChI is InChI=1S/C19H15ClN4O3/c20-15-10-13(11-16-19(15)27-9-8-26-16)2-5-18(25)23-14-3-4-17(21-12-14)24-7-1-6-22-24/h1-7,10-12H,8-9H2,(H,23,25)/b5-2+. The number of carbonyl (C=O) groups is 1. The highest BCUT2D eigenvalue weighted by molar-refractivity contribution is 6.32. The van der Waals surface area contributed by atoms with Gasteiger partial charge in [0.15, 0.2) is 17.3 Å². The lowest BCUT2D eigenvalue weighted by atomic mass is 10.1. The maximum atomic E-state index is 12.1. The van der Waals surface area contributed by atoms with Crippen molar-refractivity contribution in [1.82, 2.24) is 14.8 Å². The van der Waals surface area contributed by atoms with Crippen LogP contribution in [0.5, 0.6) is 11.5 Å². The third-order valence-corrected chi connectivity index (χ3v) is 4.08. The van der Waals surface area contributed by atoms with E-state index in [9.17, 15) is 4.79 Å². The first-order valence-corrected chi connectivity index (χ1v) is 8.61. The Bertz CT molecular complexity index is 985. The van der Waals surface area contributed by atoms with Gasteiger partial charge in [0, 0.05) is 18.5 Å². The fourth-order valence-corrected chi connectivity index (χ4v) is 2.86. The molecule has 3 heterocycles. The van der Waals surface area contributed by atoms with Gasteiger partial charge in [0.1, 0.15) is 13.2 Å². The Morgan fingerprint density at radius 1 is 1.26 bits per heavy atom. The number of hydrogen-bond acceptors (Lipinski definition) is 5. The number of benzene rings is 1. The number of aromatic nitrogens is 3. The van der Waals surface area contributed by atoms with Crippen LogP contribution >= 0.6 is 11.6 Å². The van der Waals surface area contributed by atoms with Crippen molar-refractivity contribution in [1.29, 1.82) is 0 Å². The van der Waals surface area contributed by atoms with Crippen LogP contribution in [0.4, 0.5) is 5.69 Å². The van der Waals surface area contributed by atoms with Crippen molar-refractivity contribution in [3.05, 3.63) is 65.6 Å². The van der Waals surface area contributed by atoms with Crippen LogP contribution in [-0.4, -0.2) is 33.9 Å². The summed E-state index contributed by atoms with van der Waals surface area (Å²) in [5, 5.41) is 7.31. The van der Waals surface area contributed by atoms with Crippen molar-refractivity contribution >= 4 is 29.3 Å². The van der Waals surface area contributed by atoms with Gasteiger partial charge in [-0.3, -0.25) is 4.79 Å². The third kappa shape index (κ3) is 3.93. The number of amides is 1. The Morgan fingerprint density at radius 2 is 2.15 bits per heavy atom. The lowest BCUT2D eigenvalue weighted by Gasteiger charge is -2.19. The molecule has 0 aliphatic carbocycles. The largest absolute Gasteiger partial charge is 0.486 e. The first-order chi connectivity index (χ1) is 13.2. The fourth-order valence-electron chi connectivity index (χ4n) is 2.58. The van der Waals surface area contributed by atoms with Crippen LogP contribution in [-0.2, 0) is 4.79 Å². The van der Waals surface area contributed by atoms with Crippen molar-refractivity contribution < 1.29 is 14.3 Å². The average molecular weight is 383 g/mol. The summed E-state index contributed by atoms with van der Waals surface area (Å²) in [7, 11) is 0. The Hall–Kier alpha value is -3.32. The predicted octanol–water partition coefficient (Wildman–Crippen LogP) is 3.34. The van der Waals surface area contributed by atoms with Gasteiger partial charge in [-0.2, -0.15) is 5.10 Å². The van der Waals surface area contributed by atoms with Gasteiger partial charge in [-0.25, -0.2) is 9.67 Å². The summed E-state index contributed by atoms with van der Waals surface area (Å²) in [4.78, 5) is 16.4. The van der Waals surface area contributed by atoms with Crippen molar-refractivity contribution in [2.75, 3.05) is 18.5 Å². The van der Waals surface area contributed by atoms with Crippen LogP contribution in [0.15, 0.2) is 55.0 Å². The van der Waals surface area contributed by atoms with E-state index in [-0.39, 0.29) is 5.91 Å². The SMILES string of the molecule is O=C(/C=C/c1cc(Cl)c2c(c1)OCCO2)Nc1ccc(-n2cccn2)nc1. The van der Waals surface area contributed by atoms with E-state index >= 15 is 0 Å². The van der Waals surface area contributed by atoms with E-state index in [1.54, 1.807) is 53.6 Å². The topological polar surface area (TPSA) is 78.3 Å². The smallest absolute Gasteiger partial charge is 0.248 e. The van der Waals surface area contributed by atoms with Gasteiger partial charge in [-0.15, -0.1) is 0 Å². The first-order valence-electron chi connectivity index (χ1n) is 8.23. The molecule has 136 valence electrons. The van der Waals surface area contributed by atoms with Crippen LogP contribution in [0.1, 0.15) is 5.56 Å². The van der Waals surface area contributed by atoms with Crippen LogP contribution < -0.4 is 14.8 Å². The van der Waals surface area contributed by atoms with Crippen LogP contribution in [0, 0.1) is 0 Å². The van der Waals surface area contributed by atoms with Crippen LogP contribution in [0.2, 0.25) is 5.02 Å². The number of hydrogen-bond donors (Lipinski definition) is 1. The third-order valence-electron chi connectivity index (χ3n) is 3.80. The second-order valence-electron chi connectivity index (χ2n) is 5.71. The summed E-state index contributed by atoms with van der Waals surface area (Å²) in [6, 6.07) is 8.85. The minimum absolute atomic E-state index is 0.283. The zero-order valence-electron chi connectivity index (χ0n) is 14.1. The lowest BCUT2D eigenvalue weighted by molar-refractivity contribution is -0.111. The van der Waals surface area contributed by atoms with E-state index in [1.807, 2.05) is 6.07 Å². The monoisotopic (exact) mass is 382 g/mol. The highest BCUT2D eigenvalue weighted by atomic mass is 35.5. The quantitative estimate of drug-likeness (QED) is 0.700. The number of pyridine rings is 1. The zero-order valence-corrected chi connectivity index (χ0v) is 14.9. The molecule has 0 saturated carbocycles. The van der Waals surface area contributed by atoms with E-state index in [0.29, 0.717) is 41.2 Å². The number of nitrogens with one attached hydrogen (secondary N) is 1. The number of carbonyl (C=O) groups excluding carboxylic acids is 1. The molecule has 2 aromatic heterocycles. The van der Waals surface area contributed by atoms with Gasteiger partial charge in [0.25, 0.3) is 0 Å². The Balaban J connectivity index is 1.42. The van der Waals surface area contributed by atoms with Gasteiger partial charge >= 0.3 is 0 Å². The van der Waals surface area contributed by atoms with Crippen LogP contribution in [0.25, 0.3) is 11.9 Å². The van der Waals surface area contributed by atoms with Gasteiger partial charge < -0.3 is 14.8 Å². The van der Waals surface area contributed by atoms with Gasteiger partial charge in [-0.05, 0) is 42.0 Å². The van der Waals surface area contributed by atoms with E-state index in [2.05, 4.69) is 15.4 Å². The molecule has 7 nitrogen and oxygen atoms in total. The molecular formula is C19H15ClN4O3. The molecule has 0 spiro atoms. The lowest BCUT2D eigenvalue weighted by Crippen LogP contribution is -2.15. The van der Waals surface area contributed by atoms with Gasteiger partial charge in [0.05, 0.1) is 16.9 Å². The first kappa shape index (κ1) is 17.1. The number of fused-ring (bicyclic) bond motifs is 1. The molecule has 3 aromatic rings. The second-order valence-corrected chi connectivity index (χ2v) is 6.11. The summed E-state index contributed by atoms with van der Waals surface area (Å²) in [6.07, 6.45) is 8.12. The minimum atomic E-state index is -0.283. The molecule has 0 radical (unpaired) electrons. The molecule has 0 bridgehead atoms. The molecule has 8 heteroatoms. The average Bonchev–Trinajstić information content (AvgIpc) is 3.22. The molecule has 4 rings (SSSR count). The van der Waals surface area contributed by atoms with E-state index in [1.165, 1.54) is 6.08 Å². The van der Waals surface area contributed by atoms with Gasteiger partial charge in [0.2, 0.25) is 5.91 Å². The highest BCUT2D eigenvalue weighted by Crippen LogP contribution is 2.38. The summed E-state index contributed by atoms with van der Waals surface area (Å²) >= 11 is 6.19. The maximum absolute atomic E-state index is 12.1. The number of halogens is 1. The molecule has 27 heavy (non-hydrogen) atoms. The summed E-state index contributed by atoms with van der Waals surface area (Å²) < 4.78 is 12.6. The molecule has 1 N–H and O–H groups in total. The number of nitrogens with zero attached hydrogens (tertiary/aromatic N) is 3. The summed E-state index contributed by atoms with van der Waals surface area (Å²) in [6.45, 7) is 0.941. The molecular weight excluding hydrogens is 368 g/mol.